The maximum Gasteiger partial charge on any atom is 0.410 e. The Morgan fingerprint density at radius 2 is 2.00 bits per heavy atom. The first kappa shape index (κ1) is 28.8. The number of ether oxygens (including phenoxy) is 1. The number of carbonyl (C=O) groups excluding carboxylic acids is 2. The van der Waals surface area contributed by atoms with Crippen LogP contribution >= 0.6 is 11.6 Å². The summed E-state index contributed by atoms with van der Waals surface area (Å²) in [6.07, 6.45) is 3.02. The SMILES string of the molecule is CN(Cc1ccc(C#N)c(Cl)c1)C(=O)Cn1cnc2c(F)cc(C3=CCN(C(=O)OC(C)(C)C)CC3)cc2c1=O. The van der Waals surface area contributed by atoms with Crippen molar-refractivity contribution in [2.24, 2.45) is 0 Å². The van der Waals surface area contributed by atoms with Crippen molar-refractivity contribution in [1.29, 1.82) is 5.26 Å². The van der Waals surface area contributed by atoms with Gasteiger partial charge in [-0.05, 0) is 68.2 Å². The standard InChI is InChI=1S/C29H29ClFN5O4/c1-29(2,3)40-28(39)35-9-7-19(8-10-35)21-12-22-26(24(31)13-21)33-17-36(27(22)38)16-25(37)34(4)15-18-5-6-20(14-32)23(30)11-18/h5-7,11-13,17H,8-10,15-16H2,1-4H3. The van der Waals surface area contributed by atoms with E-state index in [2.05, 4.69) is 4.98 Å². The number of benzene rings is 2. The predicted octanol–water partition coefficient (Wildman–Crippen LogP) is 4.74. The molecule has 0 N–H and O–H groups in total. The first-order valence-electron chi connectivity index (χ1n) is 12.6. The fraction of sp³-hybridized carbons (Fsp3) is 0.345. The molecule has 40 heavy (non-hydrogen) atoms. The highest BCUT2D eigenvalue weighted by Gasteiger charge is 2.24. The Morgan fingerprint density at radius 3 is 2.62 bits per heavy atom. The van der Waals surface area contributed by atoms with Crippen molar-refractivity contribution in [2.75, 3.05) is 20.1 Å². The molecule has 1 aliphatic rings. The number of hydrogen-bond acceptors (Lipinski definition) is 6. The van der Waals surface area contributed by atoms with Crippen LogP contribution in [0.5, 0.6) is 0 Å². The first-order chi connectivity index (χ1) is 18.9. The number of carbonyl (C=O) groups is 2. The average Bonchev–Trinajstić information content (AvgIpc) is 2.89. The van der Waals surface area contributed by atoms with Crippen molar-refractivity contribution in [3.8, 4) is 6.07 Å². The molecule has 1 aromatic heterocycles. The molecule has 11 heteroatoms. The van der Waals surface area contributed by atoms with E-state index in [9.17, 15) is 18.8 Å². The van der Waals surface area contributed by atoms with Gasteiger partial charge in [0.05, 0.1) is 22.3 Å². The van der Waals surface area contributed by atoms with Crippen LogP contribution < -0.4 is 5.56 Å². The van der Waals surface area contributed by atoms with Crippen molar-refractivity contribution < 1.29 is 18.7 Å². The van der Waals surface area contributed by atoms with Gasteiger partial charge in [-0.1, -0.05) is 23.7 Å². The third kappa shape index (κ3) is 6.49. The molecule has 0 fully saturated rings. The highest BCUT2D eigenvalue weighted by molar-refractivity contribution is 6.31. The topological polar surface area (TPSA) is 109 Å². The van der Waals surface area contributed by atoms with Crippen LogP contribution in [0.25, 0.3) is 16.5 Å². The largest absolute Gasteiger partial charge is 0.444 e. The molecule has 0 saturated heterocycles. The summed E-state index contributed by atoms with van der Waals surface area (Å²) in [5, 5.41) is 9.38. The molecule has 9 nitrogen and oxygen atoms in total. The Hall–Kier alpha value is -4.23. The molecule has 0 aliphatic carbocycles. The van der Waals surface area contributed by atoms with Crippen LogP contribution in [0.3, 0.4) is 0 Å². The summed E-state index contributed by atoms with van der Waals surface area (Å²) in [6, 6.07) is 9.79. The Labute approximate surface area is 236 Å². The molecule has 208 valence electrons. The average molecular weight is 566 g/mol. The van der Waals surface area contributed by atoms with Crippen LogP contribution in [0.15, 0.2) is 47.5 Å². The molecule has 0 atom stereocenters. The lowest BCUT2D eigenvalue weighted by Gasteiger charge is -2.29. The van der Waals surface area contributed by atoms with Crippen LogP contribution in [-0.4, -0.2) is 57.1 Å². The van der Waals surface area contributed by atoms with E-state index >= 15 is 0 Å². The second kappa shape index (κ2) is 11.5. The number of likely N-dealkylation sites (N-methyl/N-ethyl adjacent to an activating group) is 1. The summed E-state index contributed by atoms with van der Waals surface area (Å²) in [4.78, 5) is 45.6. The van der Waals surface area contributed by atoms with E-state index < -0.39 is 23.1 Å². The third-order valence-electron chi connectivity index (χ3n) is 6.42. The minimum absolute atomic E-state index is 0.0577. The van der Waals surface area contributed by atoms with E-state index in [-0.39, 0.29) is 29.9 Å². The lowest BCUT2D eigenvalue weighted by molar-refractivity contribution is -0.131. The molecule has 1 aliphatic heterocycles. The summed E-state index contributed by atoms with van der Waals surface area (Å²) in [5.41, 5.74) is 1.15. The monoisotopic (exact) mass is 565 g/mol. The maximum atomic E-state index is 15.0. The van der Waals surface area contributed by atoms with Gasteiger partial charge in [0.15, 0.2) is 0 Å². The van der Waals surface area contributed by atoms with Crippen LogP contribution in [-0.2, 0) is 22.6 Å². The van der Waals surface area contributed by atoms with E-state index in [0.717, 1.165) is 22.0 Å². The normalized spacial score (nSPS) is 13.5. The third-order valence-corrected chi connectivity index (χ3v) is 6.73. The zero-order valence-electron chi connectivity index (χ0n) is 22.7. The number of nitriles is 1. The highest BCUT2D eigenvalue weighted by Crippen LogP contribution is 2.27. The van der Waals surface area contributed by atoms with Gasteiger partial charge in [0, 0.05) is 26.7 Å². The summed E-state index contributed by atoms with van der Waals surface area (Å²) < 4.78 is 21.6. The van der Waals surface area contributed by atoms with Crippen LogP contribution in [0.4, 0.5) is 9.18 Å². The van der Waals surface area contributed by atoms with Gasteiger partial charge >= 0.3 is 6.09 Å². The van der Waals surface area contributed by atoms with Gasteiger partial charge < -0.3 is 14.5 Å². The Morgan fingerprint density at radius 1 is 1.25 bits per heavy atom. The van der Waals surface area contributed by atoms with Crippen molar-refractivity contribution in [3.63, 3.8) is 0 Å². The number of fused-ring (bicyclic) bond motifs is 1. The number of nitrogens with zero attached hydrogens (tertiary/aromatic N) is 5. The van der Waals surface area contributed by atoms with Crippen molar-refractivity contribution in [3.05, 3.63) is 80.6 Å². The Balaban J connectivity index is 1.52. The van der Waals surface area contributed by atoms with Crippen LogP contribution in [0, 0.1) is 17.1 Å². The van der Waals surface area contributed by atoms with E-state index in [4.69, 9.17) is 21.6 Å². The van der Waals surface area contributed by atoms with Gasteiger partial charge in [-0.15, -0.1) is 0 Å². The minimum atomic E-state index is -0.645. The molecule has 2 aromatic carbocycles. The maximum absolute atomic E-state index is 15.0. The fourth-order valence-corrected chi connectivity index (χ4v) is 4.57. The predicted molar refractivity (Wildman–Crippen MR) is 149 cm³/mol. The van der Waals surface area contributed by atoms with Gasteiger partial charge in [0.1, 0.15) is 29.5 Å². The lowest BCUT2D eigenvalue weighted by atomic mass is 9.98. The van der Waals surface area contributed by atoms with Crippen molar-refractivity contribution >= 4 is 40.1 Å². The van der Waals surface area contributed by atoms with E-state index in [0.29, 0.717) is 35.7 Å². The summed E-state index contributed by atoms with van der Waals surface area (Å²) in [7, 11) is 1.59. The number of halogens is 2. The molecule has 0 unspecified atom stereocenters. The zero-order chi connectivity index (χ0) is 29.2. The molecule has 3 aromatic rings. The number of hydrogen-bond donors (Lipinski definition) is 0. The molecular formula is C29H29ClFN5O4. The van der Waals surface area contributed by atoms with Gasteiger partial charge in [-0.3, -0.25) is 14.2 Å². The van der Waals surface area contributed by atoms with E-state index in [1.807, 2.05) is 12.1 Å². The Bertz CT molecular complexity index is 1620. The first-order valence-corrected chi connectivity index (χ1v) is 13.0. The van der Waals surface area contributed by atoms with Gasteiger partial charge in [0.2, 0.25) is 5.91 Å². The molecule has 2 heterocycles. The van der Waals surface area contributed by atoms with Crippen molar-refractivity contribution in [2.45, 2.75) is 45.9 Å². The molecular weight excluding hydrogens is 537 g/mol. The van der Waals surface area contributed by atoms with Gasteiger partial charge in [-0.25, -0.2) is 14.2 Å². The summed E-state index contributed by atoms with van der Waals surface area (Å²) in [5.74, 6) is -1.01. The summed E-state index contributed by atoms with van der Waals surface area (Å²) >= 11 is 6.09. The second-order valence-electron chi connectivity index (χ2n) is 10.6. The molecule has 0 bridgehead atoms. The second-order valence-corrected chi connectivity index (χ2v) is 11.0. The Kier molecular flexibility index (Phi) is 8.26. The highest BCUT2D eigenvalue weighted by atomic mass is 35.5. The molecule has 0 radical (unpaired) electrons. The van der Waals surface area contributed by atoms with Crippen molar-refractivity contribution in [1.82, 2.24) is 19.4 Å². The smallest absolute Gasteiger partial charge is 0.410 e. The minimum Gasteiger partial charge on any atom is -0.444 e. The molecule has 0 spiro atoms. The molecule has 0 saturated carbocycles. The van der Waals surface area contributed by atoms with E-state index in [1.165, 1.54) is 11.0 Å². The number of amides is 2. The molecule has 2 amide bonds. The lowest BCUT2D eigenvalue weighted by Crippen LogP contribution is -2.39. The quantitative estimate of drug-likeness (QED) is 0.442. The molecule has 4 rings (SSSR count). The fourth-order valence-electron chi connectivity index (χ4n) is 4.33. The summed E-state index contributed by atoms with van der Waals surface area (Å²) in [6.45, 7) is 6.01. The number of rotatable bonds is 5. The van der Waals surface area contributed by atoms with E-state index in [1.54, 1.807) is 57.0 Å². The van der Waals surface area contributed by atoms with Crippen LogP contribution in [0.2, 0.25) is 5.02 Å². The zero-order valence-corrected chi connectivity index (χ0v) is 23.5. The van der Waals surface area contributed by atoms with Crippen LogP contribution in [0.1, 0.15) is 43.9 Å². The number of aromatic nitrogens is 2. The van der Waals surface area contributed by atoms with Gasteiger partial charge in [0.25, 0.3) is 5.56 Å². The van der Waals surface area contributed by atoms with Gasteiger partial charge in [-0.2, -0.15) is 5.26 Å².